The molecule has 0 aromatic carbocycles. The molecule has 58 valence electrons. The van der Waals surface area contributed by atoms with Crippen molar-refractivity contribution in [3.63, 3.8) is 0 Å². The predicted octanol–water partition coefficient (Wildman–Crippen LogP) is 1.95. The van der Waals surface area contributed by atoms with E-state index < -0.39 is 0 Å². The molecule has 0 aromatic rings. The summed E-state index contributed by atoms with van der Waals surface area (Å²) in [5.74, 6) is 0.861. The van der Waals surface area contributed by atoms with E-state index in [9.17, 15) is 0 Å². The summed E-state index contributed by atoms with van der Waals surface area (Å²) in [5, 5.41) is 3.43. The van der Waals surface area contributed by atoms with Gasteiger partial charge in [0.15, 0.2) is 0 Å². The van der Waals surface area contributed by atoms with Gasteiger partial charge in [-0.25, -0.2) is 0 Å². The van der Waals surface area contributed by atoms with Gasteiger partial charge in [0.25, 0.3) is 0 Å². The Labute approximate surface area is 63.5 Å². The Balaban J connectivity index is 2.21. The summed E-state index contributed by atoms with van der Waals surface area (Å²) in [6, 6.07) is 0. The minimum Gasteiger partial charge on any atom is -0.316 e. The molecule has 0 aromatic heterocycles. The van der Waals surface area contributed by atoms with Crippen LogP contribution in [0.3, 0.4) is 0 Å². The summed E-state index contributed by atoms with van der Waals surface area (Å²) in [6.07, 6.45) is 7.36. The first kappa shape index (κ1) is 7.80. The first-order valence-electron chi connectivity index (χ1n) is 4.25. The van der Waals surface area contributed by atoms with Crippen LogP contribution in [0.5, 0.6) is 0 Å². The first-order chi connectivity index (χ1) is 4.93. The monoisotopic (exact) mass is 140 g/mol. The Morgan fingerprint density at radius 3 is 3.20 bits per heavy atom. The number of nitrogens with one attached hydrogen (secondary N) is 1. The second-order valence-electron chi connectivity index (χ2n) is 3.09. The van der Waals surface area contributed by atoms with Crippen molar-refractivity contribution in [1.29, 1.82) is 0 Å². The van der Waals surface area contributed by atoms with Crippen molar-refractivity contribution < 1.29 is 0 Å². The molecule has 0 radical (unpaired) electrons. The SMILES string of the molecule is C=CCC1CCCCN[13CH2]1. The van der Waals surface area contributed by atoms with E-state index >= 15 is 0 Å². The molecule has 1 atom stereocenters. The zero-order valence-electron chi connectivity index (χ0n) is 6.60. The lowest BCUT2D eigenvalue weighted by molar-refractivity contribution is 0.486. The highest BCUT2D eigenvalue weighted by Crippen LogP contribution is 2.14. The minimum atomic E-state index is 0.861. The topological polar surface area (TPSA) is 12.0 Å². The van der Waals surface area contributed by atoms with Crippen molar-refractivity contribution in [3.05, 3.63) is 12.7 Å². The molecule has 1 heteroatoms. The van der Waals surface area contributed by atoms with Gasteiger partial charge in [0.05, 0.1) is 0 Å². The molecule has 0 saturated carbocycles. The van der Waals surface area contributed by atoms with Gasteiger partial charge in [-0.05, 0) is 38.3 Å². The molecular formula is C9H17N. The Morgan fingerprint density at radius 2 is 2.40 bits per heavy atom. The molecule has 0 aliphatic carbocycles. The molecule has 1 aliphatic heterocycles. The van der Waals surface area contributed by atoms with E-state index in [1.54, 1.807) is 0 Å². The van der Waals surface area contributed by atoms with Crippen LogP contribution < -0.4 is 5.32 Å². The molecule has 1 saturated heterocycles. The molecule has 1 nitrogen and oxygen atoms in total. The van der Waals surface area contributed by atoms with Crippen LogP contribution in [0.15, 0.2) is 12.7 Å². The normalized spacial score (nSPS) is 27.4. The van der Waals surface area contributed by atoms with Crippen molar-refractivity contribution >= 4 is 0 Å². The molecule has 1 unspecified atom stereocenters. The zero-order chi connectivity index (χ0) is 7.23. The van der Waals surface area contributed by atoms with Crippen LogP contribution in [0.1, 0.15) is 25.7 Å². The van der Waals surface area contributed by atoms with E-state index in [0.29, 0.717) is 0 Å². The quantitative estimate of drug-likeness (QED) is 0.456. The fourth-order valence-corrected chi connectivity index (χ4v) is 1.53. The number of hydrogen-bond donors (Lipinski definition) is 1. The molecule has 1 heterocycles. The number of hydrogen-bond acceptors (Lipinski definition) is 1. The molecule has 1 rings (SSSR count). The van der Waals surface area contributed by atoms with Crippen LogP contribution in [0.25, 0.3) is 0 Å². The molecule has 1 fully saturated rings. The lowest BCUT2D eigenvalue weighted by atomic mass is 10.1. The third kappa shape index (κ3) is 2.53. The van der Waals surface area contributed by atoms with Gasteiger partial charge in [-0.2, -0.15) is 0 Å². The lowest BCUT2D eigenvalue weighted by Gasteiger charge is -2.09. The van der Waals surface area contributed by atoms with Crippen LogP contribution in [0.4, 0.5) is 0 Å². The van der Waals surface area contributed by atoms with Gasteiger partial charge in [0.1, 0.15) is 0 Å². The van der Waals surface area contributed by atoms with E-state index in [-0.39, 0.29) is 0 Å². The Kier molecular flexibility index (Phi) is 3.52. The van der Waals surface area contributed by atoms with Crippen LogP contribution in [0, 0.1) is 5.92 Å². The van der Waals surface area contributed by atoms with Gasteiger partial charge < -0.3 is 5.32 Å². The van der Waals surface area contributed by atoms with E-state index in [1.807, 2.05) is 6.08 Å². The van der Waals surface area contributed by atoms with Crippen molar-refractivity contribution in [2.45, 2.75) is 25.7 Å². The number of rotatable bonds is 2. The summed E-state index contributed by atoms with van der Waals surface area (Å²) >= 11 is 0. The van der Waals surface area contributed by atoms with E-state index in [2.05, 4.69) is 11.9 Å². The van der Waals surface area contributed by atoms with Crippen molar-refractivity contribution in [3.8, 4) is 0 Å². The third-order valence-corrected chi connectivity index (χ3v) is 2.15. The average Bonchev–Trinajstić information content (AvgIpc) is 2.17. The van der Waals surface area contributed by atoms with Crippen LogP contribution in [-0.2, 0) is 0 Å². The van der Waals surface area contributed by atoms with Crippen LogP contribution in [0.2, 0.25) is 0 Å². The fourth-order valence-electron chi connectivity index (χ4n) is 1.53. The number of allylic oxidation sites excluding steroid dienone is 1. The van der Waals surface area contributed by atoms with Crippen LogP contribution >= 0.6 is 0 Å². The first-order valence-corrected chi connectivity index (χ1v) is 4.25. The third-order valence-electron chi connectivity index (χ3n) is 2.15. The summed E-state index contributed by atoms with van der Waals surface area (Å²) in [6.45, 7) is 6.17. The standard InChI is InChI=1S/C9H17N/c1-2-5-9-6-3-4-7-10-8-9/h2,9-10H,1,3-8H2/i8+1. The highest BCUT2D eigenvalue weighted by atomic mass is 15.0. The highest BCUT2D eigenvalue weighted by molar-refractivity contribution is 4.76. The van der Waals surface area contributed by atoms with E-state index in [1.165, 1.54) is 38.8 Å². The largest absolute Gasteiger partial charge is 0.316 e. The van der Waals surface area contributed by atoms with Gasteiger partial charge in [-0.3, -0.25) is 0 Å². The molecule has 0 bridgehead atoms. The van der Waals surface area contributed by atoms with Gasteiger partial charge in [0, 0.05) is 0 Å². The fraction of sp³-hybridized carbons (Fsp3) is 0.778. The maximum atomic E-state index is 3.76. The van der Waals surface area contributed by atoms with Gasteiger partial charge in [-0.1, -0.05) is 12.5 Å². The zero-order valence-corrected chi connectivity index (χ0v) is 6.60. The molecule has 0 amide bonds. The van der Waals surface area contributed by atoms with Gasteiger partial charge in [-0.15, -0.1) is 6.58 Å². The summed E-state index contributed by atoms with van der Waals surface area (Å²) in [5.41, 5.74) is 0. The molecule has 1 N–H and O–H groups in total. The maximum Gasteiger partial charge on any atom is -0.00176 e. The Morgan fingerprint density at radius 1 is 1.50 bits per heavy atom. The van der Waals surface area contributed by atoms with Gasteiger partial charge >= 0.3 is 0 Å². The second-order valence-corrected chi connectivity index (χ2v) is 3.09. The molecular weight excluding hydrogens is 123 g/mol. The summed E-state index contributed by atoms with van der Waals surface area (Å²) in [4.78, 5) is 0. The van der Waals surface area contributed by atoms with E-state index in [4.69, 9.17) is 0 Å². The Hall–Kier alpha value is -0.300. The molecule has 10 heavy (non-hydrogen) atoms. The van der Waals surface area contributed by atoms with E-state index in [0.717, 1.165) is 5.92 Å². The predicted molar refractivity (Wildman–Crippen MR) is 45.0 cm³/mol. The van der Waals surface area contributed by atoms with Gasteiger partial charge in [0.2, 0.25) is 0 Å². The van der Waals surface area contributed by atoms with Crippen LogP contribution in [-0.4, -0.2) is 13.1 Å². The van der Waals surface area contributed by atoms with Crippen molar-refractivity contribution in [2.24, 2.45) is 5.92 Å². The average molecular weight is 140 g/mol. The summed E-state index contributed by atoms with van der Waals surface area (Å²) < 4.78 is 0. The van der Waals surface area contributed by atoms with Crippen molar-refractivity contribution in [2.75, 3.05) is 13.1 Å². The second kappa shape index (κ2) is 4.51. The molecule has 1 aliphatic rings. The smallest absolute Gasteiger partial charge is 0.00176 e. The lowest BCUT2D eigenvalue weighted by Crippen LogP contribution is -2.19. The summed E-state index contributed by atoms with van der Waals surface area (Å²) in [7, 11) is 0. The maximum absolute atomic E-state index is 3.76. The minimum absolute atomic E-state index is 0.861. The van der Waals surface area contributed by atoms with Crippen molar-refractivity contribution in [1.82, 2.24) is 5.32 Å². The highest BCUT2D eigenvalue weighted by Gasteiger charge is 2.08. The molecule has 0 spiro atoms. The Bertz CT molecular complexity index is 90.9.